The molecule has 1 unspecified atom stereocenters. The SMILES string of the molecule is CN1CCCC(c2cccc(Nc3ccccc3)c2)C1. The van der Waals surface area contributed by atoms with Crippen molar-refractivity contribution in [3.63, 3.8) is 0 Å². The zero-order valence-electron chi connectivity index (χ0n) is 12.0. The van der Waals surface area contributed by atoms with E-state index in [0.29, 0.717) is 5.92 Å². The van der Waals surface area contributed by atoms with Crippen molar-refractivity contribution in [3.8, 4) is 0 Å². The van der Waals surface area contributed by atoms with Crippen molar-refractivity contribution >= 4 is 11.4 Å². The molecular formula is C18H22N2. The molecule has 0 bridgehead atoms. The molecule has 0 aromatic heterocycles. The quantitative estimate of drug-likeness (QED) is 0.894. The van der Waals surface area contributed by atoms with Crippen molar-refractivity contribution in [2.24, 2.45) is 0 Å². The van der Waals surface area contributed by atoms with Gasteiger partial charge in [0.05, 0.1) is 0 Å². The second-order valence-corrected chi connectivity index (χ2v) is 5.72. The van der Waals surface area contributed by atoms with Gasteiger partial charge in [0.25, 0.3) is 0 Å². The highest BCUT2D eigenvalue weighted by Crippen LogP contribution is 2.28. The molecule has 1 N–H and O–H groups in total. The van der Waals surface area contributed by atoms with Gasteiger partial charge in [-0.2, -0.15) is 0 Å². The molecule has 2 heteroatoms. The number of nitrogens with one attached hydrogen (secondary N) is 1. The number of para-hydroxylation sites is 1. The first kappa shape index (κ1) is 13.2. The van der Waals surface area contributed by atoms with Crippen LogP contribution in [0, 0.1) is 0 Å². The highest BCUT2D eigenvalue weighted by atomic mass is 15.1. The monoisotopic (exact) mass is 266 g/mol. The molecule has 0 aliphatic carbocycles. The average Bonchev–Trinajstić information content (AvgIpc) is 2.49. The van der Waals surface area contributed by atoms with E-state index in [1.165, 1.54) is 37.2 Å². The Morgan fingerprint density at radius 1 is 1.00 bits per heavy atom. The van der Waals surface area contributed by atoms with E-state index in [1.54, 1.807) is 0 Å². The van der Waals surface area contributed by atoms with Gasteiger partial charge in [-0.1, -0.05) is 30.3 Å². The van der Waals surface area contributed by atoms with Crippen molar-refractivity contribution in [2.45, 2.75) is 18.8 Å². The summed E-state index contributed by atoms with van der Waals surface area (Å²) in [6, 6.07) is 19.2. The van der Waals surface area contributed by atoms with Crippen molar-refractivity contribution in [3.05, 3.63) is 60.2 Å². The Labute approximate surface area is 121 Å². The average molecular weight is 266 g/mol. The van der Waals surface area contributed by atoms with Gasteiger partial charge in [0.1, 0.15) is 0 Å². The minimum absolute atomic E-state index is 0.672. The van der Waals surface area contributed by atoms with Gasteiger partial charge in [-0.15, -0.1) is 0 Å². The summed E-state index contributed by atoms with van der Waals surface area (Å²) in [5.41, 5.74) is 3.78. The van der Waals surface area contributed by atoms with E-state index in [2.05, 4.69) is 65.8 Å². The molecule has 1 aliphatic heterocycles. The van der Waals surface area contributed by atoms with Crippen molar-refractivity contribution < 1.29 is 0 Å². The smallest absolute Gasteiger partial charge is 0.0387 e. The Morgan fingerprint density at radius 2 is 1.80 bits per heavy atom. The Bertz CT molecular complexity index is 550. The number of likely N-dealkylation sites (tertiary alicyclic amines) is 1. The lowest BCUT2D eigenvalue weighted by molar-refractivity contribution is 0.251. The number of rotatable bonds is 3. The summed E-state index contributed by atoms with van der Waals surface area (Å²) < 4.78 is 0. The van der Waals surface area contributed by atoms with E-state index >= 15 is 0 Å². The van der Waals surface area contributed by atoms with Gasteiger partial charge in [0.15, 0.2) is 0 Å². The lowest BCUT2D eigenvalue weighted by Crippen LogP contribution is -2.30. The molecule has 0 spiro atoms. The van der Waals surface area contributed by atoms with E-state index in [1.807, 2.05) is 6.07 Å². The summed E-state index contributed by atoms with van der Waals surface area (Å²) in [5.74, 6) is 0.672. The van der Waals surface area contributed by atoms with E-state index in [0.717, 1.165) is 5.69 Å². The van der Waals surface area contributed by atoms with E-state index in [4.69, 9.17) is 0 Å². The molecule has 1 fully saturated rings. The lowest BCUT2D eigenvalue weighted by Gasteiger charge is -2.30. The molecule has 104 valence electrons. The number of hydrogen-bond acceptors (Lipinski definition) is 2. The summed E-state index contributed by atoms with van der Waals surface area (Å²) in [5, 5.41) is 3.48. The van der Waals surface area contributed by atoms with Crippen molar-refractivity contribution in [1.82, 2.24) is 4.90 Å². The molecule has 0 saturated carbocycles. The van der Waals surface area contributed by atoms with Crippen LogP contribution in [0.4, 0.5) is 11.4 Å². The maximum Gasteiger partial charge on any atom is 0.0387 e. The van der Waals surface area contributed by atoms with Crippen LogP contribution in [0.15, 0.2) is 54.6 Å². The van der Waals surface area contributed by atoms with E-state index < -0.39 is 0 Å². The largest absolute Gasteiger partial charge is 0.356 e. The highest BCUT2D eigenvalue weighted by molar-refractivity contribution is 5.60. The highest BCUT2D eigenvalue weighted by Gasteiger charge is 2.18. The number of piperidine rings is 1. The summed E-state index contributed by atoms with van der Waals surface area (Å²) >= 11 is 0. The third kappa shape index (κ3) is 3.20. The first-order valence-corrected chi connectivity index (χ1v) is 7.42. The first-order chi connectivity index (χ1) is 9.81. The molecule has 20 heavy (non-hydrogen) atoms. The van der Waals surface area contributed by atoms with Crippen LogP contribution in [0.1, 0.15) is 24.3 Å². The van der Waals surface area contributed by atoms with Gasteiger partial charge in [0, 0.05) is 17.9 Å². The second kappa shape index (κ2) is 6.10. The molecule has 2 aromatic rings. The summed E-state index contributed by atoms with van der Waals surface area (Å²) in [6.07, 6.45) is 2.61. The van der Waals surface area contributed by atoms with Crippen LogP contribution in [-0.4, -0.2) is 25.0 Å². The fraction of sp³-hybridized carbons (Fsp3) is 0.333. The molecule has 1 saturated heterocycles. The van der Waals surface area contributed by atoms with Gasteiger partial charge >= 0.3 is 0 Å². The molecule has 0 radical (unpaired) electrons. The molecule has 3 rings (SSSR count). The third-order valence-corrected chi connectivity index (χ3v) is 4.04. The predicted molar refractivity (Wildman–Crippen MR) is 85.6 cm³/mol. The van der Waals surface area contributed by atoms with E-state index in [-0.39, 0.29) is 0 Å². The number of likely N-dealkylation sites (N-methyl/N-ethyl adjacent to an activating group) is 1. The summed E-state index contributed by atoms with van der Waals surface area (Å²) in [4.78, 5) is 2.44. The minimum atomic E-state index is 0.672. The van der Waals surface area contributed by atoms with Gasteiger partial charge < -0.3 is 10.2 Å². The zero-order valence-corrected chi connectivity index (χ0v) is 12.0. The molecule has 1 aliphatic rings. The van der Waals surface area contributed by atoms with Crippen LogP contribution >= 0.6 is 0 Å². The summed E-state index contributed by atoms with van der Waals surface area (Å²) in [7, 11) is 2.22. The topological polar surface area (TPSA) is 15.3 Å². The number of benzene rings is 2. The van der Waals surface area contributed by atoms with Crippen molar-refractivity contribution in [2.75, 3.05) is 25.5 Å². The van der Waals surface area contributed by atoms with Gasteiger partial charge in [-0.25, -0.2) is 0 Å². The fourth-order valence-corrected chi connectivity index (χ4v) is 3.00. The minimum Gasteiger partial charge on any atom is -0.356 e. The standard InChI is InChI=1S/C18H22N2/c1-20-12-6-8-16(14-20)15-7-5-11-18(13-15)19-17-9-3-2-4-10-17/h2-5,7,9-11,13,16,19H,6,8,12,14H2,1H3. The second-order valence-electron chi connectivity index (χ2n) is 5.72. The predicted octanol–water partition coefficient (Wildman–Crippen LogP) is 4.24. The van der Waals surface area contributed by atoms with Crippen molar-refractivity contribution in [1.29, 1.82) is 0 Å². The number of anilines is 2. The zero-order chi connectivity index (χ0) is 13.8. The molecule has 2 nitrogen and oxygen atoms in total. The number of hydrogen-bond donors (Lipinski definition) is 1. The van der Waals surface area contributed by atoms with Gasteiger partial charge in [0.2, 0.25) is 0 Å². The van der Waals surface area contributed by atoms with Crippen LogP contribution < -0.4 is 5.32 Å². The van der Waals surface area contributed by atoms with Crippen LogP contribution in [0.5, 0.6) is 0 Å². The van der Waals surface area contributed by atoms with E-state index in [9.17, 15) is 0 Å². The van der Waals surface area contributed by atoms with Crippen LogP contribution in [0.3, 0.4) is 0 Å². The van der Waals surface area contributed by atoms with Crippen LogP contribution in [0.2, 0.25) is 0 Å². The van der Waals surface area contributed by atoms with Gasteiger partial charge in [-0.3, -0.25) is 0 Å². The molecule has 0 amide bonds. The third-order valence-electron chi connectivity index (χ3n) is 4.04. The molecular weight excluding hydrogens is 244 g/mol. The fourth-order valence-electron chi connectivity index (χ4n) is 3.00. The lowest BCUT2D eigenvalue weighted by atomic mass is 9.90. The Kier molecular flexibility index (Phi) is 4.03. The maximum absolute atomic E-state index is 3.48. The molecule has 1 atom stereocenters. The first-order valence-electron chi connectivity index (χ1n) is 7.42. The Morgan fingerprint density at radius 3 is 2.60 bits per heavy atom. The van der Waals surface area contributed by atoms with Crippen LogP contribution in [0.25, 0.3) is 0 Å². The molecule has 2 aromatic carbocycles. The molecule has 1 heterocycles. The Balaban J connectivity index is 1.75. The van der Waals surface area contributed by atoms with Gasteiger partial charge in [-0.05, 0) is 62.2 Å². The number of nitrogens with zero attached hydrogens (tertiary/aromatic N) is 1. The Hall–Kier alpha value is -1.80. The van der Waals surface area contributed by atoms with Crippen LogP contribution in [-0.2, 0) is 0 Å². The summed E-state index contributed by atoms with van der Waals surface area (Å²) in [6.45, 7) is 2.41. The maximum atomic E-state index is 3.48. The normalized spacial score (nSPS) is 19.8.